The molecule has 0 aliphatic carbocycles. The summed E-state index contributed by atoms with van der Waals surface area (Å²) < 4.78 is 0. The Kier molecular flexibility index (Phi) is 2.86. The van der Waals surface area contributed by atoms with Crippen molar-refractivity contribution in [2.24, 2.45) is 0 Å². The molecule has 0 spiro atoms. The summed E-state index contributed by atoms with van der Waals surface area (Å²) in [4.78, 5) is 9.44. The number of rotatable bonds is 1. The lowest BCUT2D eigenvalue weighted by Gasteiger charge is -1.84. The number of nitro groups is 1. The number of hydrogen-bond acceptors (Lipinski definition) is 2. The van der Waals surface area contributed by atoms with Gasteiger partial charge in [-0.2, -0.15) is 0 Å². The summed E-state index contributed by atoms with van der Waals surface area (Å²) in [7, 11) is 0. The molecule has 3 heteroatoms. The van der Waals surface area contributed by atoms with Crippen LogP contribution in [0, 0.1) is 22.0 Å². The Balaban J connectivity index is 2.61. The zero-order chi connectivity index (χ0) is 8.81. The average molecular weight is 161 g/mol. The van der Waals surface area contributed by atoms with Crippen molar-refractivity contribution in [3.05, 3.63) is 46.0 Å². The van der Waals surface area contributed by atoms with Crippen molar-refractivity contribution in [1.29, 1.82) is 0 Å². The second kappa shape index (κ2) is 4.14. The van der Waals surface area contributed by atoms with E-state index in [4.69, 9.17) is 0 Å². The van der Waals surface area contributed by atoms with Crippen LogP contribution in [0.15, 0.2) is 30.3 Å². The maximum absolute atomic E-state index is 9.89. The summed E-state index contributed by atoms with van der Waals surface area (Å²) in [5, 5.41) is 9.89. The zero-order valence-electron chi connectivity index (χ0n) is 6.36. The fourth-order valence-corrected chi connectivity index (χ4v) is 0.728. The van der Waals surface area contributed by atoms with Gasteiger partial charge in [-0.05, 0) is 18.1 Å². The highest BCUT2D eigenvalue weighted by Gasteiger charge is 1.86. The van der Waals surface area contributed by atoms with Crippen molar-refractivity contribution in [3.8, 4) is 11.8 Å². The van der Waals surface area contributed by atoms with Crippen LogP contribution in [0.1, 0.15) is 5.56 Å². The van der Waals surface area contributed by atoms with Crippen LogP contribution < -0.4 is 0 Å². The van der Waals surface area contributed by atoms with Gasteiger partial charge in [0.15, 0.2) is 0 Å². The van der Waals surface area contributed by atoms with Gasteiger partial charge in [-0.3, -0.25) is 10.1 Å². The second-order valence-corrected chi connectivity index (χ2v) is 2.16. The van der Waals surface area contributed by atoms with E-state index in [1.54, 1.807) is 0 Å². The highest BCUT2D eigenvalue weighted by atomic mass is 16.6. The highest BCUT2D eigenvalue weighted by Crippen LogP contribution is 1.94. The first-order valence-electron chi connectivity index (χ1n) is 3.45. The summed E-state index contributed by atoms with van der Waals surface area (Å²) in [6.07, 6.45) is 0. The minimum Gasteiger partial charge on any atom is -0.264 e. The summed E-state index contributed by atoms with van der Waals surface area (Å²) in [6, 6.07) is 9.19. The Morgan fingerprint density at radius 2 is 2.00 bits per heavy atom. The molecule has 1 aromatic carbocycles. The van der Waals surface area contributed by atoms with E-state index in [-0.39, 0.29) is 6.54 Å². The molecule has 1 rings (SSSR count). The molecule has 3 nitrogen and oxygen atoms in total. The van der Waals surface area contributed by atoms with Crippen LogP contribution in [0.25, 0.3) is 0 Å². The Morgan fingerprint density at radius 3 is 2.58 bits per heavy atom. The lowest BCUT2D eigenvalue weighted by molar-refractivity contribution is -0.466. The van der Waals surface area contributed by atoms with Crippen molar-refractivity contribution in [3.63, 3.8) is 0 Å². The molecule has 0 aliphatic heterocycles. The van der Waals surface area contributed by atoms with E-state index in [0.29, 0.717) is 0 Å². The topological polar surface area (TPSA) is 43.1 Å². The quantitative estimate of drug-likeness (QED) is 0.354. The number of hydrogen-bond donors (Lipinski definition) is 0. The van der Waals surface area contributed by atoms with Crippen LogP contribution in [0.3, 0.4) is 0 Å². The van der Waals surface area contributed by atoms with Crippen molar-refractivity contribution < 1.29 is 4.92 Å². The van der Waals surface area contributed by atoms with E-state index in [1.165, 1.54) is 0 Å². The Morgan fingerprint density at radius 1 is 1.33 bits per heavy atom. The van der Waals surface area contributed by atoms with Crippen molar-refractivity contribution in [2.75, 3.05) is 6.54 Å². The maximum atomic E-state index is 9.89. The molecule has 0 saturated carbocycles. The molecule has 0 unspecified atom stereocenters. The van der Waals surface area contributed by atoms with Crippen molar-refractivity contribution >= 4 is 0 Å². The first-order chi connectivity index (χ1) is 5.79. The molecule has 0 bridgehead atoms. The van der Waals surface area contributed by atoms with Gasteiger partial charge in [0.2, 0.25) is 0 Å². The fraction of sp³-hybridized carbons (Fsp3) is 0.111. The van der Waals surface area contributed by atoms with Gasteiger partial charge in [-0.1, -0.05) is 24.1 Å². The van der Waals surface area contributed by atoms with Crippen LogP contribution in [0.4, 0.5) is 0 Å². The van der Waals surface area contributed by atoms with E-state index in [9.17, 15) is 10.1 Å². The van der Waals surface area contributed by atoms with E-state index >= 15 is 0 Å². The van der Waals surface area contributed by atoms with Crippen LogP contribution in [0.5, 0.6) is 0 Å². The molecule has 0 aliphatic rings. The maximum Gasteiger partial charge on any atom is 0.263 e. The molecule has 12 heavy (non-hydrogen) atoms. The molecule has 1 aromatic rings. The van der Waals surface area contributed by atoms with E-state index < -0.39 is 4.92 Å². The Labute approximate surface area is 70.2 Å². The molecule has 0 radical (unpaired) electrons. The smallest absolute Gasteiger partial charge is 0.263 e. The molecule has 0 amide bonds. The molecular weight excluding hydrogens is 154 g/mol. The predicted molar refractivity (Wildman–Crippen MR) is 45.2 cm³/mol. The summed E-state index contributed by atoms with van der Waals surface area (Å²) >= 11 is 0. The zero-order valence-corrected chi connectivity index (χ0v) is 6.36. The first kappa shape index (κ1) is 8.28. The highest BCUT2D eigenvalue weighted by molar-refractivity contribution is 5.33. The van der Waals surface area contributed by atoms with Gasteiger partial charge >= 0.3 is 0 Å². The van der Waals surface area contributed by atoms with Gasteiger partial charge in [0.05, 0.1) is 0 Å². The monoisotopic (exact) mass is 161 g/mol. The van der Waals surface area contributed by atoms with Gasteiger partial charge in [0.1, 0.15) is 0 Å². The third-order valence-corrected chi connectivity index (χ3v) is 1.21. The number of benzene rings is 1. The first-order valence-corrected chi connectivity index (χ1v) is 3.45. The van der Waals surface area contributed by atoms with Crippen molar-refractivity contribution in [1.82, 2.24) is 0 Å². The summed E-state index contributed by atoms with van der Waals surface area (Å²) in [5.41, 5.74) is 0.805. The SMILES string of the molecule is O=[N+]([O-])CC#Cc1ccccc1. The normalized spacial score (nSPS) is 8.33. The summed E-state index contributed by atoms with van der Waals surface area (Å²) in [6.45, 7) is -0.297. The second-order valence-electron chi connectivity index (χ2n) is 2.16. The van der Waals surface area contributed by atoms with Crippen molar-refractivity contribution in [2.45, 2.75) is 0 Å². The van der Waals surface area contributed by atoms with Crippen LogP contribution in [0.2, 0.25) is 0 Å². The van der Waals surface area contributed by atoms with Crippen LogP contribution in [-0.2, 0) is 0 Å². The minimum absolute atomic E-state index is 0.297. The van der Waals surface area contributed by atoms with Gasteiger partial charge in [0, 0.05) is 10.5 Å². The molecule has 0 saturated heterocycles. The molecular formula is C9H7NO2. The molecule has 0 N–H and O–H groups in total. The molecule has 0 heterocycles. The average Bonchev–Trinajstić information content (AvgIpc) is 2.05. The molecule has 0 aromatic heterocycles. The van der Waals surface area contributed by atoms with Crippen LogP contribution >= 0.6 is 0 Å². The van der Waals surface area contributed by atoms with Gasteiger partial charge in [0.25, 0.3) is 6.54 Å². The Hall–Kier alpha value is -1.82. The Bertz CT molecular complexity index is 321. The van der Waals surface area contributed by atoms with Gasteiger partial charge in [-0.25, -0.2) is 0 Å². The molecule has 0 atom stereocenters. The minimum atomic E-state index is -0.448. The lowest BCUT2D eigenvalue weighted by Crippen LogP contribution is -1.96. The van der Waals surface area contributed by atoms with E-state index in [0.717, 1.165) is 5.56 Å². The number of nitrogens with zero attached hydrogens (tertiary/aromatic N) is 1. The van der Waals surface area contributed by atoms with Crippen LogP contribution in [-0.4, -0.2) is 11.5 Å². The molecule has 0 fully saturated rings. The fourth-order valence-electron chi connectivity index (χ4n) is 0.728. The third-order valence-electron chi connectivity index (χ3n) is 1.21. The van der Waals surface area contributed by atoms with Gasteiger partial charge in [-0.15, -0.1) is 0 Å². The van der Waals surface area contributed by atoms with Gasteiger partial charge < -0.3 is 0 Å². The largest absolute Gasteiger partial charge is 0.264 e. The van der Waals surface area contributed by atoms with E-state index in [1.807, 2.05) is 30.3 Å². The predicted octanol–water partition coefficient (Wildman–Crippen LogP) is 1.31. The standard InChI is InChI=1S/C9H7NO2/c11-10(12)8-4-7-9-5-2-1-3-6-9/h1-3,5-6H,8H2. The van der Waals surface area contributed by atoms with E-state index in [2.05, 4.69) is 11.8 Å². The lowest BCUT2D eigenvalue weighted by atomic mass is 10.2. The molecule has 60 valence electrons. The third kappa shape index (κ3) is 2.84. The summed E-state index contributed by atoms with van der Waals surface area (Å²) in [5.74, 6) is 5.14.